The van der Waals surface area contributed by atoms with Gasteiger partial charge in [0.05, 0.1) is 0 Å². The van der Waals surface area contributed by atoms with E-state index in [-0.39, 0.29) is 5.41 Å². The van der Waals surface area contributed by atoms with Gasteiger partial charge in [0.2, 0.25) is 0 Å². The van der Waals surface area contributed by atoms with Gasteiger partial charge in [-0.1, -0.05) is 33.3 Å². The zero-order chi connectivity index (χ0) is 12.5. The second-order valence-electron chi connectivity index (χ2n) is 7.19. The first-order valence-corrected chi connectivity index (χ1v) is 6.77. The number of aliphatic carboxylic acids is 1. The maximum Gasteiger partial charge on any atom is 0.331 e. The van der Waals surface area contributed by atoms with Gasteiger partial charge in [0.1, 0.15) is 0 Å². The fraction of sp³-hybridized carbons (Fsp3) is 0.800. The molecule has 94 valence electrons. The van der Waals surface area contributed by atoms with Gasteiger partial charge in [0.25, 0.3) is 0 Å². The molecule has 2 nitrogen and oxygen atoms in total. The molecule has 1 N–H and O–H groups in total. The molecule has 0 amide bonds. The van der Waals surface area contributed by atoms with E-state index in [1.54, 1.807) is 0 Å². The highest BCUT2D eigenvalue weighted by atomic mass is 16.4. The molecule has 0 unspecified atom stereocenters. The summed E-state index contributed by atoms with van der Waals surface area (Å²) in [5.74, 6) is -0.357. The van der Waals surface area contributed by atoms with Crippen LogP contribution in [0.3, 0.4) is 0 Å². The third kappa shape index (κ3) is 1.14. The lowest BCUT2D eigenvalue weighted by Crippen LogP contribution is -2.47. The Hall–Kier alpha value is -0.790. The van der Waals surface area contributed by atoms with Crippen molar-refractivity contribution in [1.29, 1.82) is 0 Å². The summed E-state index contributed by atoms with van der Waals surface area (Å²) in [6.45, 7) is 7.10. The highest BCUT2D eigenvalue weighted by molar-refractivity contribution is 5.88. The molecule has 3 rings (SSSR count). The number of carboxylic acid groups (broad SMARTS) is 1. The number of hydrogen-bond acceptors (Lipinski definition) is 1. The highest BCUT2D eigenvalue weighted by Gasteiger charge is 2.73. The lowest BCUT2D eigenvalue weighted by Gasteiger charge is -2.54. The molecular formula is C15H22O2. The van der Waals surface area contributed by atoms with Gasteiger partial charge in [-0.05, 0) is 47.8 Å². The Morgan fingerprint density at radius 3 is 2.71 bits per heavy atom. The summed E-state index contributed by atoms with van der Waals surface area (Å²) in [4.78, 5) is 11.3. The molecule has 3 aliphatic rings. The van der Waals surface area contributed by atoms with Crippen LogP contribution >= 0.6 is 0 Å². The predicted octanol–water partition coefficient (Wildman–Crippen LogP) is 3.62. The Labute approximate surface area is 103 Å². The SMILES string of the molecule is CC1(C)CCC[C@@]2(C)CC=C(C(=O)O)[C@H]3C[C@@]312. The topological polar surface area (TPSA) is 37.3 Å². The molecule has 0 saturated heterocycles. The maximum atomic E-state index is 11.3. The summed E-state index contributed by atoms with van der Waals surface area (Å²) in [5.41, 5.74) is 1.64. The molecular weight excluding hydrogens is 212 g/mol. The largest absolute Gasteiger partial charge is 0.478 e. The van der Waals surface area contributed by atoms with Crippen LogP contribution < -0.4 is 0 Å². The van der Waals surface area contributed by atoms with E-state index in [0.29, 0.717) is 22.3 Å². The van der Waals surface area contributed by atoms with Gasteiger partial charge < -0.3 is 5.11 Å². The van der Waals surface area contributed by atoms with E-state index in [1.165, 1.54) is 19.3 Å². The number of rotatable bonds is 1. The molecule has 0 heterocycles. The van der Waals surface area contributed by atoms with Crippen LogP contribution in [0.5, 0.6) is 0 Å². The zero-order valence-corrected chi connectivity index (χ0v) is 11.0. The molecule has 0 aromatic carbocycles. The van der Waals surface area contributed by atoms with Crippen molar-refractivity contribution in [3.8, 4) is 0 Å². The van der Waals surface area contributed by atoms with Crippen LogP contribution in [0.2, 0.25) is 0 Å². The lowest BCUT2D eigenvalue weighted by atomic mass is 9.50. The number of carbonyl (C=O) groups is 1. The Balaban J connectivity index is 2.07. The van der Waals surface area contributed by atoms with Gasteiger partial charge in [-0.3, -0.25) is 0 Å². The first-order chi connectivity index (χ1) is 7.84. The molecule has 0 aliphatic heterocycles. The van der Waals surface area contributed by atoms with Gasteiger partial charge in [-0.2, -0.15) is 0 Å². The second kappa shape index (κ2) is 2.96. The molecule has 3 aliphatic carbocycles. The molecule has 0 radical (unpaired) electrons. The van der Waals surface area contributed by atoms with E-state index in [9.17, 15) is 9.90 Å². The van der Waals surface area contributed by atoms with Crippen LogP contribution in [-0.2, 0) is 4.79 Å². The van der Waals surface area contributed by atoms with Crippen LogP contribution in [0.25, 0.3) is 0 Å². The van der Waals surface area contributed by atoms with Gasteiger partial charge in [-0.25, -0.2) is 4.79 Å². The Morgan fingerprint density at radius 1 is 1.35 bits per heavy atom. The van der Waals surface area contributed by atoms with Crippen molar-refractivity contribution in [2.24, 2.45) is 22.2 Å². The van der Waals surface area contributed by atoms with E-state index >= 15 is 0 Å². The van der Waals surface area contributed by atoms with E-state index < -0.39 is 5.97 Å². The van der Waals surface area contributed by atoms with Gasteiger partial charge in [0.15, 0.2) is 0 Å². The Bertz CT molecular complexity index is 421. The molecule has 2 fully saturated rings. The van der Waals surface area contributed by atoms with Crippen LogP contribution in [0.1, 0.15) is 52.9 Å². The molecule has 2 saturated carbocycles. The smallest absolute Gasteiger partial charge is 0.331 e. The van der Waals surface area contributed by atoms with Crippen molar-refractivity contribution < 1.29 is 9.90 Å². The standard InChI is InChI=1S/C15H22O2/c1-13(2)6-4-7-14(3)8-5-10(12(16)17)11-9-15(11,13)14/h5,11H,4,6-9H2,1-3H3,(H,16,17)/t11-,14+,15-/m1/s1. The van der Waals surface area contributed by atoms with Gasteiger partial charge in [0, 0.05) is 5.57 Å². The highest BCUT2D eigenvalue weighted by Crippen LogP contribution is 2.80. The minimum absolute atomic E-state index is 0.278. The normalized spacial score (nSPS) is 46.5. The quantitative estimate of drug-likeness (QED) is 0.752. The van der Waals surface area contributed by atoms with Gasteiger partial charge >= 0.3 is 5.97 Å². The van der Waals surface area contributed by atoms with Gasteiger partial charge in [-0.15, -0.1) is 0 Å². The van der Waals surface area contributed by atoms with Crippen molar-refractivity contribution >= 4 is 5.97 Å². The number of carboxylic acids is 1. The molecule has 0 aromatic heterocycles. The fourth-order valence-corrected chi connectivity index (χ4v) is 5.24. The Kier molecular flexibility index (Phi) is 1.97. The van der Waals surface area contributed by atoms with Crippen LogP contribution in [0.4, 0.5) is 0 Å². The van der Waals surface area contributed by atoms with Crippen LogP contribution in [0.15, 0.2) is 11.6 Å². The van der Waals surface area contributed by atoms with Crippen LogP contribution in [-0.4, -0.2) is 11.1 Å². The van der Waals surface area contributed by atoms with Crippen molar-refractivity contribution in [3.05, 3.63) is 11.6 Å². The molecule has 0 bridgehead atoms. The summed E-state index contributed by atoms with van der Waals surface area (Å²) < 4.78 is 0. The van der Waals surface area contributed by atoms with Crippen LogP contribution in [0, 0.1) is 22.2 Å². The average Bonchev–Trinajstić information content (AvgIpc) is 2.93. The van der Waals surface area contributed by atoms with E-state index in [2.05, 4.69) is 20.8 Å². The molecule has 1 spiro atoms. The summed E-state index contributed by atoms with van der Waals surface area (Å²) in [5, 5.41) is 9.31. The average molecular weight is 234 g/mol. The first kappa shape index (κ1) is 11.3. The minimum atomic E-state index is -0.685. The Morgan fingerprint density at radius 2 is 2.06 bits per heavy atom. The molecule has 0 aromatic rings. The minimum Gasteiger partial charge on any atom is -0.478 e. The lowest BCUT2D eigenvalue weighted by molar-refractivity contribution is -0.133. The molecule has 2 heteroatoms. The van der Waals surface area contributed by atoms with Crippen molar-refractivity contribution in [1.82, 2.24) is 0 Å². The summed E-state index contributed by atoms with van der Waals surface area (Å²) in [6, 6.07) is 0. The van der Waals surface area contributed by atoms with E-state index in [1.807, 2.05) is 6.08 Å². The molecule has 3 atom stereocenters. The number of hydrogen-bond donors (Lipinski definition) is 1. The van der Waals surface area contributed by atoms with E-state index in [0.717, 1.165) is 12.8 Å². The monoisotopic (exact) mass is 234 g/mol. The summed E-state index contributed by atoms with van der Waals surface area (Å²) in [6.07, 6.45) is 7.92. The third-order valence-corrected chi connectivity index (χ3v) is 6.17. The maximum absolute atomic E-state index is 11.3. The van der Waals surface area contributed by atoms with E-state index in [4.69, 9.17) is 0 Å². The van der Waals surface area contributed by atoms with Crippen molar-refractivity contribution in [2.75, 3.05) is 0 Å². The predicted molar refractivity (Wildman–Crippen MR) is 66.6 cm³/mol. The van der Waals surface area contributed by atoms with Crippen molar-refractivity contribution in [3.63, 3.8) is 0 Å². The third-order valence-electron chi connectivity index (χ3n) is 6.17. The first-order valence-electron chi connectivity index (χ1n) is 6.77. The number of allylic oxidation sites excluding steroid dienone is 1. The molecule has 17 heavy (non-hydrogen) atoms. The van der Waals surface area contributed by atoms with Crippen molar-refractivity contribution in [2.45, 2.75) is 52.9 Å². The summed E-state index contributed by atoms with van der Waals surface area (Å²) >= 11 is 0. The fourth-order valence-electron chi connectivity index (χ4n) is 5.24. The zero-order valence-electron chi connectivity index (χ0n) is 11.0. The summed E-state index contributed by atoms with van der Waals surface area (Å²) in [7, 11) is 0. The second-order valence-corrected chi connectivity index (χ2v) is 7.19.